The quantitative estimate of drug-likeness (QED) is 0.869. The molecule has 0 spiro atoms. The summed E-state index contributed by atoms with van der Waals surface area (Å²) in [6.45, 7) is 3.30. The zero-order valence-corrected chi connectivity index (χ0v) is 11.5. The Balaban J connectivity index is 1.57. The second-order valence-electron chi connectivity index (χ2n) is 5.21. The van der Waals surface area contributed by atoms with Crippen molar-refractivity contribution in [1.29, 1.82) is 0 Å². The summed E-state index contributed by atoms with van der Waals surface area (Å²) in [6, 6.07) is 6.06. The van der Waals surface area contributed by atoms with Crippen molar-refractivity contribution < 1.29 is 19.3 Å². The molecule has 1 aromatic carbocycles. The van der Waals surface area contributed by atoms with E-state index in [9.17, 15) is 5.11 Å². The summed E-state index contributed by atoms with van der Waals surface area (Å²) in [5.74, 6) is 1.48. The Hall–Kier alpha value is -1.30. The van der Waals surface area contributed by atoms with Crippen LogP contribution in [-0.2, 0) is 4.74 Å². The molecule has 2 N–H and O–H groups in total. The van der Waals surface area contributed by atoms with Crippen LogP contribution in [0.25, 0.3) is 0 Å². The lowest BCUT2D eigenvalue weighted by molar-refractivity contribution is 0.0723. The van der Waals surface area contributed by atoms with Gasteiger partial charge in [0.2, 0.25) is 0 Å². The molecule has 0 saturated carbocycles. The molecule has 2 aliphatic heterocycles. The van der Waals surface area contributed by atoms with E-state index in [2.05, 4.69) is 5.32 Å². The normalized spacial score (nSPS) is 20.6. The second kappa shape index (κ2) is 6.43. The number of benzene rings is 1. The smallest absolute Gasteiger partial charge is 0.161 e. The fourth-order valence-corrected chi connectivity index (χ4v) is 2.57. The first-order chi connectivity index (χ1) is 9.83. The predicted octanol–water partition coefficient (Wildman–Crippen LogP) is 1.26. The van der Waals surface area contributed by atoms with Crippen molar-refractivity contribution in [2.24, 2.45) is 0 Å². The molecule has 5 nitrogen and oxygen atoms in total. The van der Waals surface area contributed by atoms with E-state index in [1.807, 2.05) is 18.2 Å². The Bertz CT molecular complexity index is 445. The average molecular weight is 279 g/mol. The lowest BCUT2D eigenvalue weighted by Gasteiger charge is -2.25. The highest BCUT2D eigenvalue weighted by Crippen LogP contribution is 2.32. The predicted molar refractivity (Wildman–Crippen MR) is 74.2 cm³/mol. The van der Waals surface area contributed by atoms with Gasteiger partial charge in [-0.25, -0.2) is 0 Å². The Morgan fingerprint density at radius 3 is 2.65 bits per heavy atom. The Kier molecular flexibility index (Phi) is 4.40. The highest BCUT2D eigenvalue weighted by atomic mass is 16.6. The van der Waals surface area contributed by atoms with Crippen LogP contribution in [0, 0.1) is 0 Å². The van der Waals surface area contributed by atoms with E-state index in [-0.39, 0.29) is 0 Å². The molecule has 0 amide bonds. The summed E-state index contributed by atoms with van der Waals surface area (Å²) in [5.41, 5.74) is 0.855. The molecule has 0 aromatic heterocycles. The van der Waals surface area contributed by atoms with E-state index in [0.717, 1.165) is 43.1 Å². The Labute approximate surface area is 118 Å². The van der Waals surface area contributed by atoms with Gasteiger partial charge in [0, 0.05) is 25.8 Å². The van der Waals surface area contributed by atoms with Gasteiger partial charge in [0.1, 0.15) is 13.2 Å². The van der Waals surface area contributed by atoms with Crippen LogP contribution in [0.4, 0.5) is 0 Å². The number of rotatable bonds is 4. The standard InChI is InChI=1S/C15H21NO4/c17-13(10-16-12-3-5-18-6-4-12)11-1-2-14-15(9-11)20-8-7-19-14/h1-2,9,12-13,16-17H,3-8,10H2. The molecular weight excluding hydrogens is 258 g/mol. The van der Waals surface area contributed by atoms with E-state index >= 15 is 0 Å². The molecule has 3 rings (SSSR count). The van der Waals surface area contributed by atoms with Gasteiger partial charge in [-0.3, -0.25) is 0 Å². The number of nitrogens with one attached hydrogen (secondary N) is 1. The van der Waals surface area contributed by atoms with Gasteiger partial charge in [-0.1, -0.05) is 6.07 Å². The zero-order valence-electron chi connectivity index (χ0n) is 11.5. The summed E-state index contributed by atoms with van der Waals surface area (Å²) in [4.78, 5) is 0. The molecule has 0 radical (unpaired) electrons. The molecule has 5 heteroatoms. The molecule has 0 aliphatic carbocycles. The molecule has 1 fully saturated rings. The third-order valence-electron chi connectivity index (χ3n) is 3.77. The van der Waals surface area contributed by atoms with E-state index in [0.29, 0.717) is 25.8 Å². The molecule has 2 heterocycles. The number of fused-ring (bicyclic) bond motifs is 1. The zero-order chi connectivity index (χ0) is 13.8. The topological polar surface area (TPSA) is 60.0 Å². The summed E-state index contributed by atoms with van der Waals surface area (Å²) < 4.78 is 16.3. The highest BCUT2D eigenvalue weighted by Gasteiger charge is 2.18. The fourth-order valence-electron chi connectivity index (χ4n) is 2.57. The SMILES string of the molecule is OC(CNC1CCOCC1)c1ccc2c(c1)OCCO2. The van der Waals surface area contributed by atoms with Crippen molar-refractivity contribution in [2.75, 3.05) is 33.0 Å². The molecule has 20 heavy (non-hydrogen) atoms. The largest absolute Gasteiger partial charge is 0.486 e. The van der Waals surface area contributed by atoms with Gasteiger partial charge >= 0.3 is 0 Å². The van der Waals surface area contributed by atoms with Gasteiger partial charge in [0.15, 0.2) is 11.5 Å². The van der Waals surface area contributed by atoms with Crippen LogP contribution in [0.5, 0.6) is 11.5 Å². The van der Waals surface area contributed by atoms with E-state index in [1.165, 1.54) is 0 Å². The number of aliphatic hydroxyl groups excluding tert-OH is 1. The summed E-state index contributed by atoms with van der Waals surface area (Å²) >= 11 is 0. The van der Waals surface area contributed by atoms with E-state index < -0.39 is 6.10 Å². The monoisotopic (exact) mass is 279 g/mol. The summed E-state index contributed by atoms with van der Waals surface area (Å²) in [5, 5.41) is 13.7. The van der Waals surface area contributed by atoms with Gasteiger partial charge in [-0.15, -0.1) is 0 Å². The van der Waals surface area contributed by atoms with Crippen LogP contribution in [0.15, 0.2) is 18.2 Å². The summed E-state index contributed by atoms with van der Waals surface area (Å²) in [7, 11) is 0. The van der Waals surface area contributed by atoms with Crippen LogP contribution in [0.2, 0.25) is 0 Å². The minimum Gasteiger partial charge on any atom is -0.486 e. The van der Waals surface area contributed by atoms with Crippen molar-refractivity contribution in [1.82, 2.24) is 5.32 Å². The van der Waals surface area contributed by atoms with Gasteiger partial charge in [-0.2, -0.15) is 0 Å². The van der Waals surface area contributed by atoms with Crippen molar-refractivity contribution in [3.8, 4) is 11.5 Å². The van der Waals surface area contributed by atoms with Crippen molar-refractivity contribution in [2.45, 2.75) is 25.0 Å². The molecule has 1 unspecified atom stereocenters. The maximum atomic E-state index is 10.3. The molecule has 110 valence electrons. The third-order valence-corrected chi connectivity index (χ3v) is 3.77. The maximum Gasteiger partial charge on any atom is 0.161 e. The molecule has 1 atom stereocenters. The lowest BCUT2D eigenvalue weighted by Crippen LogP contribution is -2.37. The molecule has 1 aromatic rings. The average Bonchev–Trinajstić information content (AvgIpc) is 2.53. The minimum absolute atomic E-state index is 0.440. The highest BCUT2D eigenvalue weighted by molar-refractivity contribution is 5.44. The summed E-state index contributed by atoms with van der Waals surface area (Å²) in [6.07, 6.45) is 1.48. The lowest BCUT2D eigenvalue weighted by atomic mass is 10.1. The third kappa shape index (κ3) is 3.23. The number of hydrogen-bond donors (Lipinski definition) is 2. The van der Waals surface area contributed by atoms with Gasteiger partial charge in [0.05, 0.1) is 6.10 Å². The first-order valence-electron chi connectivity index (χ1n) is 7.21. The molecule has 2 aliphatic rings. The minimum atomic E-state index is -0.534. The van der Waals surface area contributed by atoms with Crippen LogP contribution in [-0.4, -0.2) is 44.1 Å². The Morgan fingerprint density at radius 2 is 1.85 bits per heavy atom. The first kappa shape index (κ1) is 13.7. The number of hydrogen-bond acceptors (Lipinski definition) is 5. The maximum absolute atomic E-state index is 10.3. The van der Waals surface area contributed by atoms with Crippen LogP contribution in [0.3, 0.4) is 0 Å². The first-order valence-corrected chi connectivity index (χ1v) is 7.21. The van der Waals surface area contributed by atoms with Crippen molar-refractivity contribution in [3.05, 3.63) is 23.8 Å². The van der Waals surface area contributed by atoms with Gasteiger partial charge in [-0.05, 0) is 30.5 Å². The fraction of sp³-hybridized carbons (Fsp3) is 0.600. The van der Waals surface area contributed by atoms with Gasteiger partial charge in [0.25, 0.3) is 0 Å². The van der Waals surface area contributed by atoms with E-state index in [4.69, 9.17) is 14.2 Å². The van der Waals surface area contributed by atoms with Crippen LogP contribution in [0.1, 0.15) is 24.5 Å². The van der Waals surface area contributed by atoms with Crippen LogP contribution >= 0.6 is 0 Å². The second-order valence-corrected chi connectivity index (χ2v) is 5.21. The molecule has 0 bridgehead atoms. The van der Waals surface area contributed by atoms with E-state index in [1.54, 1.807) is 0 Å². The number of ether oxygens (including phenoxy) is 3. The van der Waals surface area contributed by atoms with Crippen molar-refractivity contribution in [3.63, 3.8) is 0 Å². The van der Waals surface area contributed by atoms with Crippen LogP contribution < -0.4 is 14.8 Å². The van der Waals surface area contributed by atoms with Crippen molar-refractivity contribution >= 4 is 0 Å². The molecule has 1 saturated heterocycles. The number of aliphatic hydroxyl groups is 1. The molecular formula is C15H21NO4. The Morgan fingerprint density at radius 1 is 1.10 bits per heavy atom. The van der Waals surface area contributed by atoms with Gasteiger partial charge < -0.3 is 24.6 Å².